The van der Waals surface area contributed by atoms with E-state index < -0.39 is 5.54 Å². The normalized spacial score (nSPS) is 18.3. The first-order chi connectivity index (χ1) is 16.4. The third-order valence-corrected chi connectivity index (χ3v) is 4.92. The number of hydrogen-bond acceptors (Lipinski definition) is 7. The number of hydrogen-bond donors (Lipinski definition) is 0. The Morgan fingerprint density at radius 3 is 2.24 bits per heavy atom. The number of benzene rings is 1. The van der Waals surface area contributed by atoms with Crippen LogP contribution in [0.3, 0.4) is 0 Å². The van der Waals surface area contributed by atoms with Gasteiger partial charge in [-0.3, -0.25) is 9.79 Å². The van der Waals surface area contributed by atoms with Crippen molar-refractivity contribution in [1.29, 1.82) is 0 Å². The summed E-state index contributed by atoms with van der Waals surface area (Å²) in [4.78, 5) is 30.3. The van der Waals surface area contributed by atoms with Crippen LogP contribution in [0.25, 0.3) is 0 Å². The van der Waals surface area contributed by atoms with Crippen LogP contribution in [-0.4, -0.2) is 67.4 Å². The number of halogens is 2. The average Bonchev–Trinajstić information content (AvgIpc) is 3.58. The van der Waals surface area contributed by atoms with Gasteiger partial charge in [0.1, 0.15) is 6.54 Å². The van der Waals surface area contributed by atoms with Gasteiger partial charge in [0.05, 0.1) is 6.61 Å². The van der Waals surface area contributed by atoms with Crippen molar-refractivity contribution >= 4 is 63.3 Å². The summed E-state index contributed by atoms with van der Waals surface area (Å²) in [7, 11) is 0.555. The predicted octanol–water partition coefficient (Wildman–Crippen LogP) is 4.57. The van der Waals surface area contributed by atoms with Crippen LogP contribution in [0.5, 0.6) is 0 Å². The summed E-state index contributed by atoms with van der Waals surface area (Å²) in [6.45, 7) is 7.92. The first-order valence-electron chi connectivity index (χ1n) is 10.7. The predicted molar refractivity (Wildman–Crippen MR) is 145 cm³/mol. The van der Waals surface area contributed by atoms with Crippen LogP contribution in [0, 0.1) is 5.92 Å². The van der Waals surface area contributed by atoms with Gasteiger partial charge in [0.15, 0.2) is 0 Å². The van der Waals surface area contributed by atoms with E-state index in [0.29, 0.717) is 26.8 Å². The number of aliphatic imine (C=N–C) groups is 2. The van der Waals surface area contributed by atoms with E-state index in [1.165, 1.54) is 0 Å². The molecule has 1 aromatic carbocycles. The Bertz CT molecular complexity index is 828. The minimum atomic E-state index is -0.862. The molecule has 1 fully saturated rings. The summed E-state index contributed by atoms with van der Waals surface area (Å²) >= 11 is 6.49. The topological polar surface area (TPSA) is 94.4 Å². The maximum atomic E-state index is 11.5. The molecule has 34 heavy (non-hydrogen) atoms. The van der Waals surface area contributed by atoms with E-state index in [-0.39, 0.29) is 24.4 Å². The molecule has 0 saturated heterocycles. The number of carbonyl (C=O) groups excluding carboxylic acids is 2. The zero-order valence-corrected chi connectivity index (χ0v) is 22.7. The van der Waals surface area contributed by atoms with Crippen LogP contribution in [0.15, 0.2) is 65.1 Å². The molecule has 184 valence electrons. The molecule has 0 aliphatic heterocycles. The van der Waals surface area contributed by atoms with E-state index in [4.69, 9.17) is 9.47 Å². The molecule has 1 aliphatic carbocycles. The van der Waals surface area contributed by atoms with Crippen molar-refractivity contribution in [3.8, 4) is 0 Å². The molecule has 0 aromatic heterocycles. The first-order valence-corrected chi connectivity index (χ1v) is 13.0. The summed E-state index contributed by atoms with van der Waals surface area (Å²) in [5.41, 5.74) is 0.121. The third kappa shape index (κ3) is 13.5. The number of alkyl halides is 2. The Hall–Kier alpha value is -2.20. The third-order valence-electron chi connectivity index (χ3n) is 4.17. The van der Waals surface area contributed by atoms with Crippen LogP contribution in [0.2, 0.25) is 0 Å². The molecule has 0 N–H and O–H groups in total. The van der Waals surface area contributed by atoms with Gasteiger partial charge in [0, 0.05) is 16.9 Å². The van der Waals surface area contributed by atoms with Crippen LogP contribution < -0.4 is 0 Å². The minimum absolute atomic E-state index is 0.00208. The Morgan fingerprint density at radius 2 is 1.76 bits per heavy atom. The van der Waals surface area contributed by atoms with Crippen LogP contribution >= 0.6 is 31.9 Å². The molecule has 0 radical (unpaired) electrons. The van der Waals surface area contributed by atoms with Gasteiger partial charge in [0.2, 0.25) is 0 Å². The van der Waals surface area contributed by atoms with Crippen LogP contribution in [0.4, 0.5) is 0 Å². The Balaban J connectivity index is 0.000000521. The second kappa shape index (κ2) is 20.2. The number of rotatable bonds is 11. The molecule has 2 atom stereocenters. The van der Waals surface area contributed by atoms with E-state index >= 15 is 0 Å². The first kappa shape index (κ1) is 31.8. The number of ether oxygens (including phenoxy) is 2. The van der Waals surface area contributed by atoms with Crippen LogP contribution in [-0.2, 0) is 23.8 Å². The van der Waals surface area contributed by atoms with Gasteiger partial charge in [-0.15, -0.1) is 0 Å². The standard InChI is InChI=1S/C11H13NO2.C9H12BNO3.C4H6Br2/c1-2-14-11(13)9-12-8-10-6-4-3-5-7-10;1-3-7-5-9(7,11-6-10-13)8(12)14-4-2;5-3-1-2-4-6/h3-8H,2,9H2,1H3;3,6-7H,1,4-5H2,2H3;1-2H,3-4H2/b;;2-1+. The monoisotopic (exact) mass is 596 g/mol. The number of nitrogens with zero attached hydrogens (tertiary/aromatic N) is 2. The van der Waals surface area contributed by atoms with E-state index in [2.05, 4.69) is 60.6 Å². The fraction of sp³-hybridized carbons (Fsp3) is 0.417. The Morgan fingerprint density at radius 1 is 1.15 bits per heavy atom. The van der Waals surface area contributed by atoms with Gasteiger partial charge in [-0.2, -0.15) is 0 Å². The SMILES string of the molecule is BrC/C=C/CBr.C=CC1CC1(N=CB=O)C(=O)OCC.CCOC(=O)CN=Cc1ccccc1. The van der Waals surface area contributed by atoms with Gasteiger partial charge in [-0.05, 0) is 12.5 Å². The summed E-state index contributed by atoms with van der Waals surface area (Å²) in [6.07, 6.45) is 9.11. The molecular weight excluding hydrogens is 567 g/mol. The summed E-state index contributed by atoms with van der Waals surface area (Å²) in [5, 5.41) is 1.91. The average molecular weight is 598 g/mol. The zero-order valence-electron chi connectivity index (χ0n) is 19.6. The second-order valence-corrected chi connectivity index (χ2v) is 7.87. The largest absolute Gasteiger partial charge is 0.465 e. The van der Waals surface area contributed by atoms with Crippen molar-refractivity contribution in [2.24, 2.45) is 15.9 Å². The van der Waals surface area contributed by atoms with Crippen molar-refractivity contribution in [3.05, 3.63) is 60.7 Å². The van der Waals surface area contributed by atoms with Gasteiger partial charge >= 0.3 is 88.5 Å². The Labute approximate surface area is 219 Å². The van der Waals surface area contributed by atoms with Crippen molar-refractivity contribution < 1.29 is 23.8 Å². The maximum absolute atomic E-state index is 11.5. The minimum Gasteiger partial charge on any atom is -0.465 e. The summed E-state index contributed by atoms with van der Waals surface area (Å²) in [6, 6.07) is 9.63. The van der Waals surface area contributed by atoms with E-state index in [1.54, 1.807) is 26.1 Å². The van der Waals surface area contributed by atoms with Crippen molar-refractivity contribution in [3.63, 3.8) is 0 Å². The smallest absolute Gasteiger partial charge is 0.327 e. The van der Waals surface area contributed by atoms with Crippen molar-refractivity contribution in [2.75, 3.05) is 30.4 Å². The van der Waals surface area contributed by atoms with E-state index in [1.807, 2.05) is 30.3 Å². The molecular formula is C24H31BBr2N2O5. The maximum Gasteiger partial charge on any atom is 0.327 e. The number of allylic oxidation sites excluding steroid dienone is 2. The summed E-state index contributed by atoms with van der Waals surface area (Å²) < 4.78 is 19.7. The van der Waals surface area contributed by atoms with Crippen molar-refractivity contribution in [2.45, 2.75) is 25.8 Å². The molecule has 0 heterocycles. The fourth-order valence-corrected chi connectivity index (χ4v) is 3.04. The molecule has 0 spiro atoms. The van der Waals surface area contributed by atoms with Gasteiger partial charge in [-0.1, -0.05) is 74.3 Å². The van der Waals surface area contributed by atoms with E-state index in [0.717, 1.165) is 22.3 Å². The quantitative estimate of drug-likeness (QED) is 0.122. The van der Waals surface area contributed by atoms with Gasteiger partial charge in [0.25, 0.3) is 0 Å². The van der Waals surface area contributed by atoms with Crippen LogP contribution in [0.1, 0.15) is 25.8 Å². The molecule has 10 heteroatoms. The molecule has 1 saturated carbocycles. The fourth-order valence-electron chi connectivity index (χ4n) is 2.51. The molecule has 1 aromatic rings. The van der Waals surface area contributed by atoms with Crippen molar-refractivity contribution in [1.82, 2.24) is 0 Å². The molecule has 2 unspecified atom stereocenters. The Kier molecular flexibility index (Phi) is 18.9. The van der Waals surface area contributed by atoms with Gasteiger partial charge < -0.3 is 4.74 Å². The molecule has 2 rings (SSSR count). The zero-order chi connectivity index (χ0) is 25.7. The second-order valence-electron chi connectivity index (χ2n) is 6.57. The number of esters is 2. The molecule has 0 bridgehead atoms. The molecule has 7 nitrogen and oxygen atoms in total. The van der Waals surface area contributed by atoms with Gasteiger partial charge in [-0.25, -0.2) is 0 Å². The summed E-state index contributed by atoms with van der Waals surface area (Å²) in [5.74, 6) is -0.666. The molecule has 0 amide bonds. The number of carbonyl (C=O) groups is 2. The van der Waals surface area contributed by atoms with E-state index in [9.17, 15) is 14.3 Å². The molecule has 1 aliphatic rings.